The molecule has 0 atom stereocenters. The zero-order valence-corrected chi connectivity index (χ0v) is 14.3. The smallest absolute Gasteiger partial charge is 0.137 e. The third-order valence-electron chi connectivity index (χ3n) is 3.86. The molecule has 3 rings (SSSR count). The summed E-state index contributed by atoms with van der Waals surface area (Å²) in [7, 11) is 1.69. The van der Waals surface area contributed by atoms with E-state index in [9.17, 15) is 0 Å². The minimum atomic E-state index is 0.745. The van der Waals surface area contributed by atoms with Crippen molar-refractivity contribution >= 4 is 6.08 Å². The zero-order chi connectivity index (χ0) is 17.3. The van der Waals surface area contributed by atoms with Crippen molar-refractivity contribution in [2.45, 2.75) is 13.1 Å². The Morgan fingerprint density at radius 2 is 1.88 bits per heavy atom. The first-order valence-electron chi connectivity index (χ1n) is 8.25. The summed E-state index contributed by atoms with van der Waals surface area (Å²) >= 11 is 0. The molecule has 5 heteroatoms. The molecular formula is C20H22N4O. The molecule has 0 fully saturated rings. The summed E-state index contributed by atoms with van der Waals surface area (Å²) in [5.41, 5.74) is 3.56. The van der Waals surface area contributed by atoms with Crippen LogP contribution >= 0.6 is 0 Å². The van der Waals surface area contributed by atoms with Crippen LogP contribution < -0.4 is 10.1 Å². The van der Waals surface area contributed by atoms with E-state index in [1.165, 1.54) is 11.1 Å². The van der Waals surface area contributed by atoms with Gasteiger partial charge in [-0.25, -0.2) is 9.67 Å². The molecule has 0 amide bonds. The van der Waals surface area contributed by atoms with Gasteiger partial charge in [-0.05, 0) is 17.2 Å². The summed E-state index contributed by atoms with van der Waals surface area (Å²) in [6, 6.07) is 16.5. The van der Waals surface area contributed by atoms with Crippen molar-refractivity contribution in [2.75, 3.05) is 13.7 Å². The van der Waals surface area contributed by atoms with Crippen molar-refractivity contribution in [1.29, 1.82) is 0 Å². The van der Waals surface area contributed by atoms with E-state index < -0.39 is 0 Å². The molecule has 128 valence electrons. The van der Waals surface area contributed by atoms with Gasteiger partial charge in [0.2, 0.25) is 0 Å². The van der Waals surface area contributed by atoms with Crippen LogP contribution in [0.15, 0.2) is 67.3 Å². The van der Waals surface area contributed by atoms with Crippen LogP contribution in [0.3, 0.4) is 0 Å². The number of methoxy groups -OCH3 is 1. The van der Waals surface area contributed by atoms with Crippen LogP contribution in [0.4, 0.5) is 0 Å². The van der Waals surface area contributed by atoms with Crippen LogP contribution in [-0.2, 0) is 13.1 Å². The van der Waals surface area contributed by atoms with Crippen molar-refractivity contribution in [2.24, 2.45) is 0 Å². The molecule has 0 saturated heterocycles. The fourth-order valence-electron chi connectivity index (χ4n) is 2.55. The molecule has 3 aromatic rings. The number of nitrogens with zero attached hydrogens (tertiary/aromatic N) is 3. The first kappa shape index (κ1) is 16.9. The molecule has 1 heterocycles. The first-order chi connectivity index (χ1) is 12.3. The molecule has 0 unspecified atom stereocenters. The molecule has 5 nitrogen and oxygen atoms in total. The Bertz CT molecular complexity index is 795. The largest absolute Gasteiger partial charge is 0.496 e. The Morgan fingerprint density at radius 3 is 2.64 bits per heavy atom. The van der Waals surface area contributed by atoms with Crippen molar-refractivity contribution in [3.8, 4) is 5.75 Å². The summed E-state index contributed by atoms with van der Waals surface area (Å²) in [5, 5.41) is 7.54. The number of aromatic nitrogens is 3. The Kier molecular flexibility index (Phi) is 5.96. The summed E-state index contributed by atoms with van der Waals surface area (Å²) in [6.07, 6.45) is 7.46. The minimum Gasteiger partial charge on any atom is -0.496 e. The van der Waals surface area contributed by atoms with Crippen LogP contribution in [0.2, 0.25) is 0 Å². The number of rotatable bonds is 8. The predicted octanol–water partition coefficient (Wildman–Crippen LogP) is 3.14. The molecular weight excluding hydrogens is 312 g/mol. The van der Waals surface area contributed by atoms with Gasteiger partial charge >= 0.3 is 0 Å². The maximum absolute atomic E-state index is 5.34. The molecule has 25 heavy (non-hydrogen) atoms. The maximum Gasteiger partial charge on any atom is 0.137 e. The van der Waals surface area contributed by atoms with Crippen molar-refractivity contribution in [3.63, 3.8) is 0 Å². The van der Waals surface area contributed by atoms with Crippen molar-refractivity contribution in [1.82, 2.24) is 20.1 Å². The summed E-state index contributed by atoms with van der Waals surface area (Å²) in [4.78, 5) is 3.95. The lowest BCUT2D eigenvalue weighted by Gasteiger charge is -2.06. The molecule has 0 spiro atoms. The lowest BCUT2D eigenvalue weighted by molar-refractivity contribution is 0.414. The Balaban J connectivity index is 1.45. The highest BCUT2D eigenvalue weighted by Crippen LogP contribution is 2.18. The average Bonchev–Trinajstić information content (AvgIpc) is 3.16. The quantitative estimate of drug-likeness (QED) is 0.643. The molecule has 0 aliphatic heterocycles. The third kappa shape index (κ3) is 5.02. The van der Waals surface area contributed by atoms with Gasteiger partial charge in [-0.1, -0.05) is 54.6 Å². The molecule has 0 aliphatic rings. The van der Waals surface area contributed by atoms with Gasteiger partial charge in [0.25, 0.3) is 0 Å². The van der Waals surface area contributed by atoms with Crippen LogP contribution in [-0.4, -0.2) is 28.4 Å². The van der Waals surface area contributed by atoms with Gasteiger partial charge in [-0.3, -0.25) is 0 Å². The SMILES string of the molecule is COc1ccccc1/C=C\CNCc1ccc(Cn2cncn2)cc1. The monoisotopic (exact) mass is 334 g/mol. The number of nitrogens with one attached hydrogen (secondary N) is 1. The van der Waals surface area contributed by atoms with E-state index >= 15 is 0 Å². The lowest BCUT2D eigenvalue weighted by atomic mass is 10.1. The van der Waals surface area contributed by atoms with Crippen molar-refractivity contribution in [3.05, 3.63) is 84.0 Å². The second-order valence-corrected chi connectivity index (χ2v) is 5.68. The molecule has 0 aliphatic carbocycles. The van der Waals surface area contributed by atoms with Crippen molar-refractivity contribution < 1.29 is 4.74 Å². The van der Waals surface area contributed by atoms with Gasteiger partial charge in [-0.2, -0.15) is 5.10 Å². The van der Waals surface area contributed by atoms with Gasteiger partial charge in [0, 0.05) is 18.7 Å². The van der Waals surface area contributed by atoms with E-state index in [1.807, 2.05) is 28.9 Å². The second kappa shape index (κ2) is 8.80. The molecule has 0 saturated carbocycles. The Labute approximate surface area is 148 Å². The predicted molar refractivity (Wildman–Crippen MR) is 99.3 cm³/mol. The first-order valence-corrected chi connectivity index (χ1v) is 8.25. The number of benzene rings is 2. The average molecular weight is 334 g/mol. The number of para-hydroxylation sites is 1. The molecule has 0 bridgehead atoms. The van der Waals surface area contributed by atoms with E-state index in [-0.39, 0.29) is 0 Å². The van der Waals surface area contributed by atoms with Gasteiger partial charge < -0.3 is 10.1 Å². The van der Waals surface area contributed by atoms with E-state index in [1.54, 1.807) is 19.8 Å². The van der Waals surface area contributed by atoms with Crippen LogP contribution in [0, 0.1) is 0 Å². The number of ether oxygens (including phenoxy) is 1. The standard InChI is InChI=1S/C20H22N4O/c1-25-20-7-3-2-5-19(20)6-4-12-21-13-17-8-10-18(11-9-17)14-24-16-22-15-23-24/h2-11,15-16,21H,12-14H2,1H3/b6-4-. The summed E-state index contributed by atoms with van der Waals surface area (Å²) < 4.78 is 7.15. The van der Waals surface area contributed by atoms with Gasteiger partial charge in [0.1, 0.15) is 18.4 Å². The normalized spacial score (nSPS) is 11.1. The summed E-state index contributed by atoms with van der Waals surface area (Å²) in [5.74, 6) is 0.890. The highest BCUT2D eigenvalue weighted by atomic mass is 16.5. The maximum atomic E-state index is 5.34. The molecule has 1 aromatic heterocycles. The minimum absolute atomic E-state index is 0.745. The zero-order valence-electron chi connectivity index (χ0n) is 14.3. The topological polar surface area (TPSA) is 52.0 Å². The molecule has 0 radical (unpaired) electrons. The Hall–Kier alpha value is -2.92. The van der Waals surface area contributed by atoms with E-state index in [0.29, 0.717) is 0 Å². The van der Waals surface area contributed by atoms with Crippen LogP contribution in [0.1, 0.15) is 16.7 Å². The lowest BCUT2D eigenvalue weighted by Crippen LogP contribution is -2.12. The highest BCUT2D eigenvalue weighted by molar-refractivity contribution is 5.57. The van der Waals surface area contributed by atoms with Gasteiger partial charge in [0.15, 0.2) is 0 Å². The van der Waals surface area contributed by atoms with E-state index in [0.717, 1.165) is 30.9 Å². The number of hydrogen-bond donors (Lipinski definition) is 1. The number of hydrogen-bond acceptors (Lipinski definition) is 4. The van der Waals surface area contributed by atoms with Gasteiger partial charge in [0.05, 0.1) is 13.7 Å². The van der Waals surface area contributed by atoms with E-state index in [4.69, 9.17) is 4.74 Å². The Morgan fingerprint density at radius 1 is 1.08 bits per heavy atom. The highest BCUT2D eigenvalue weighted by Gasteiger charge is 1.98. The third-order valence-corrected chi connectivity index (χ3v) is 3.86. The fourth-order valence-corrected chi connectivity index (χ4v) is 2.55. The van der Waals surface area contributed by atoms with Crippen LogP contribution in [0.25, 0.3) is 6.08 Å². The van der Waals surface area contributed by atoms with E-state index in [2.05, 4.69) is 51.8 Å². The molecule has 2 aromatic carbocycles. The van der Waals surface area contributed by atoms with Gasteiger partial charge in [-0.15, -0.1) is 0 Å². The summed E-state index contributed by atoms with van der Waals surface area (Å²) in [6.45, 7) is 2.38. The molecule has 1 N–H and O–H groups in total. The van der Waals surface area contributed by atoms with Crippen LogP contribution in [0.5, 0.6) is 5.75 Å². The second-order valence-electron chi connectivity index (χ2n) is 5.68. The fraction of sp³-hybridized carbons (Fsp3) is 0.200.